The topological polar surface area (TPSA) is 63.4 Å². The van der Waals surface area contributed by atoms with Crippen LogP contribution in [0.15, 0.2) is 27.6 Å². The fraction of sp³-hybridized carbons (Fsp3) is 0.417. The van der Waals surface area contributed by atoms with Crippen LogP contribution in [0.5, 0.6) is 0 Å². The predicted molar refractivity (Wildman–Crippen MR) is 68.9 cm³/mol. The first-order chi connectivity index (χ1) is 8.50. The van der Waals surface area contributed by atoms with Crippen LogP contribution in [0.3, 0.4) is 0 Å². The van der Waals surface area contributed by atoms with Crippen molar-refractivity contribution in [2.75, 3.05) is 13.1 Å². The van der Waals surface area contributed by atoms with Crippen molar-refractivity contribution >= 4 is 21.0 Å². The molecule has 5 nitrogen and oxygen atoms in total. The van der Waals surface area contributed by atoms with Crippen LogP contribution in [0, 0.1) is 6.92 Å². The third-order valence-corrected chi connectivity index (χ3v) is 5.01. The van der Waals surface area contributed by atoms with Gasteiger partial charge in [0.1, 0.15) is 0 Å². The van der Waals surface area contributed by atoms with Gasteiger partial charge in [-0.15, -0.1) is 0 Å². The Hall–Kier alpha value is -1.40. The third-order valence-electron chi connectivity index (χ3n) is 2.97. The number of fused-ring (bicyclic) bond motifs is 1. The summed E-state index contributed by atoms with van der Waals surface area (Å²) >= 11 is 0. The molecule has 2 aromatic rings. The van der Waals surface area contributed by atoms with Gasteiger partial charge in [0.25, 0.3) is 0 Å². The molecule has 0 N–H and O–H groups in total. The van der Waals surface area contributed by atoms with E-state index in [1.54, 1.807) is 12.1 Å². The third kappa shape index (κ3) is 2.02. The summed E-state index contributed by atoms with van der Waals surface area (Å²) in [6.45, 7) is 6.36. The van der Waals surface area contributed by atoms with Crippen molar-refractivity contribution in [3.05, 3.63) is 23.9 Å². The molecule has 98 valence electrons. The second-order valence-corrected chi connectivity index (χ2v) is 5.95. The Balaban J connectivity index is 2.54. The molecule has 0 unspecified atom stereocenters. The van der Waals surface area contributed by atoms with Gasteiger partial charge in [-0.05, 0) is 19.1 Å². The van der Waals surface area contributed by atoms with Gasteiger partial charge in [-0.25, -0.2) is 8.42 Å². The maximum absolute atomic E-state index is 12.3. The SMILES string of the molecule is CCN(CC)S(=O)(=O)c1ccc2c(C)noc2c1. The number of benzene rings is 1. The molecule has 0 bridgehead atoms. The van der Waals surface area contributed by atoms with Crippen LogP contribution in [0.25, 0.3) is 11.0 Å². The molecule has 0 aliphatic carbocycles. The van der Waals surface area contributed by atoms with E-state index in [4.69, 9.17) is 4.52 Å². The Bertz CT molecular complexity index is 657. The zero-order valence-corrected chi connectivity index (χ0v) is 11.5. The molecule has 0 aliphatic heterocycles. The van der Waals surface area contributed by atoms with Crippen LogP contribution < -0.4 is 0 Å². The van der Waals surface area contributed by atoms with E-state index in [-0.39, 0.29) is 4.90 Å². The Morgan fingerprint density at radius 2 is 1.94 bits per heavy atom. The maximum Gasteiger partial charge on any atom is 0.243 e. The zero-order valence-electron chi connectivity index (χ0n) is 10.7. The summed E-state index contributed by atoms with van der Waals surface area (Å²) < 4.78 is 31.1. The summed E-state index contributed by atoms with van der Waals surface area (Å²) in [4.78, 5) is 0.245. The van der Waals surface area contributed by atoms with Gasteiger partial charge in [0.2, 0.25) is 10.0 Å². The van der Waals surface area contributed by atoms with Crippen molar-refractivity contribution in [2.45, 2.75) is 25.7 Å². The Morgan fingerprint density at radius 1 is 1.28 bits per heavy atom. The van der Waals surface area contributed by atoms with Gasteiger partial charge < -0.3 is 4.52 Å². The van der Waals surface area contributed by atoms with Crippen molar-refractivity contribution in [1.29, 1.82) is 0 Å². The lowest BCUT2D eigenvalue weighted by molar-refractivity contribution is 0.442. The summed E-state index contributed by atoms with van der Waals surface area (Å²) in [6.07, 6.45) is 0. The minimum absolute atomic E-state index is 0.245. The molecule has 0 atom stereocenters. The molecule has 0 radical (unpaired) electrons. The molecule has 1 aromatic heterocycles. The van der Waals surface area contributed by atoms with Gasteiger partial charge in [-0.3, -0.25) is 0 Å². The first-order valence-corrected chi connectivity index (χ1v) is 7.31. The smallest absolute Gasteiger partial charge is 0.243 e. The van der Waals surface area contributed by atoms with Crippen molar-refractivity contribution in [2.24, 2.45) is 0 Å². The summed E-state index contributed by atoms with van der Waals surface area (Å²) in [7, 11) is -3.44. The monoisotopic (exact) mass is 268 g/mol. The summed E-state index contributed by atoms with van der Waals surface area (Å²) in [5.74, 6) is 0. The largest absolute Gasteiger partial charge is 0.356 e. The van der Waals surface area contributed by atoms with Crippen LogP contribution in [0.4, 0.5) is 0 Å². The summed E-state index contributed by atoms with van der Waals surface area (Å²) in [6, 6.07) is 4.86. The van der Waals surface area contributed by atoms with Crippen LogP contribution in [0.2, 0.25) is 0 Å². The van der Waals surface area contributed by atoms with Crippen LogP contribution in [0.1, 0.15) is 19.5 Å². The lowest BCUT2D eigenvalue weighted by Crippen LogP contribution is -2.30. The standard InChI is InChI=1S/C12H16N2O3S/c1-4-14(5-2)18(15,16)10-6-7-11-9(3)13-17-12(11)8-10/h6-8H,4-5H2,1-3H3. The Labute approximate surface area is 106 Å². The van der Waals surface area contributed by atoms with E-state index in [0.717, 1.165) is 11.1 Å². The lowest BCUT2D eigenvalue weighted by Gasteiger charge is -2.18. The molecule has 0 spiro atoms. The fourth-order valence-corrected chi connectivity index (χ4v) is 3.39. The van der Waals surface area contributed by atoms with E-state index in [0.29, 0.717) is 18.7 Å². The van der Waals surface area contributed by atoms with Crippen molar-refractivity contribution in [1.82, 2.24) is 9.46 Å². The number of aryl methyl sites for hydroxylation is 1. The fourth-order valence-electron chi connectivity index (χ4n) is 1.92. The first-order valence-electron chi connectivity index (χ1n) is 5.87. The molecule has 18 heavy (non-hydrogen) atoms. The van der Waals surface area contributed by atoms with E-state index < -0.39 is 10.0 Å². The number of hydrogen-bond acceptors (Lipinski definition) is 4. The molecule has 1 aromatic carbocycles. The van der Waals surface area contributed by atoms with Crippen molar-refractivity contribution < 1.29 is 12.9 Å². The zero-order chi connectivity index (χ0) is 13.3. The molecule has 0 amide bonds. The highest BCUT2D eigenvalue weighted by Gasteiger charge is 2.22. The number of nitrogens with zero attached hydrogens (tertiary/aromatic N) is 2. The molecule has 2 rings (SSSR count). The van der Waals surface area contributed by atoms with Gasteiger partial charge in [-0.1, -0.05) is 19.0 Å². The number of rotatable bonds is 4. The normalized spacial score (nSPS) is 12.4. The Morgan fingerprint density at radius 3 is 2.56 bits per heavy atom. The van der Waals surface area contributed by atoms with Crippen molar-refractivity contribution in [3.8, 4) is 0 Å². The number of hydrogen-bond donors (Lipinski definition) is 0. The van der Waals surface area contributed by atoms with Gasteiger partial charge >= 0.3 is 0 Å². The minimum atomic E-state index is -3.44. The van der Waals surface area contributed by atoms with E-state index >= 15 is 0 Å². The highest BCUT2D eigenvalue weighted by atomic mass is 32.2. The van der Waals surface area contributed by atoms with Crippen LogP contribution in [-0.4, -0.2) is 31.0 Å². The molecular weight excluding hydrogens is 252 g/mol. The van der Waals surface area contributed by atoms with Crippen LogP contribution in [-0.2, 0) is 10.0 Å². The van der Waals surface area contributed by atoms with E-state index in [1.807, 2.05) is 20.8 Å². The lowest BCUT2D eigenvalue weighted by atomic mass is 10.2. The second-order valence-electron chi connectivity index (χ2n) is 4.02. The first kappa shape index (κ1) is 13.0. The van der Waals surface area contributed by atoms with E-state index in [1.165, 1.54) is 10.4 Å². The summed E-state index contributed by atoms with van der Waals surface area (Å²) in [5, 5.41) is 4.66. The van der Waals surface area contributed by atoms with Gasteiger partial charge in [0.15, 0.2) is 5.58 Å². The Kier molecular flexibility index (Phi) is 3.41. The van der Waals surface area contributed by atoms with E-state index in [9.17, 15) is 8.42 Å². The molecular formula is C12H16N2O3S. The molecule has 0 saturated carbocycles. The average Bonchev–Trinajstić information content (AvgIpc) is 2.72. The minimum Gasteiger partial charge on any atom is -0.356 e. The molecule has 0 fully saturated rings. The second kappa shape index (κ2) is 4.70. The quantitative estimate of drug-likeness (QED) is 0.852. The molecule has 1 heterocycles. The highest BCUT2D eigenvalue weighted by molar-refractivity contribution is 7.89. The molecule has 6 heteroatoms. The van der Waals surface area contributed by atoms with Gasteiger partial charge in [0, 0.05) is 24.5 Å². The summed E-state index contributed by atoms with van der Waals surface area (Å²) in [5.41, 5.74) is 1.26. The maximum atomic E-state index is 12.3. The highest BCUT2D eigenvalue weighted by Crippen LogP contribution is 2.23. The average molecular weight is 268 g/mol. The van der Waals surface area contributed by atoms with Gasteiger partial charge in [-0.2, -0.15) is 4.31 Å². The molecule has 0 aliphatic rings. The van der Waals surface area contributed by atoms with E-state index in [2.05, 4.69) is 5.16 Å². The van der Waals surface area contributed by atoms with Crippen LogP contribution >= 0.6 is 0 Å². The number of sulfonamides is 1. The van der Waals surface area contributed by atoms with Gasteiger partial charge in [0.05, 0.1) is 10.6 Å². The van der Waals surface area contributed by atoms with Crippen molar-refractivity contribution in [3.63, 3.8) is 0 Å². The molecule has 0 saturated heterocycles. The predicted octanol–water partition coefficient (Wildman–Crippen LogP) is 2.17. The number of aromatic nitrogens is 1.